The zero-order chi connectivity index (χ0) is 19.2. The number of carbonyl (C=O) groups is 1. The van der Waals surface area contributed by atoms with Crippen LogP contribution in [0.2, 0.25) is 0 Å². The molecular formula is C15H21N5O6. The van der Waals surface area contributed by atoms with E-state index in [4.69, 9.17) is 15.2 Å². The summed E-state index contributed by atoms with van der Waals surface area (Å²) in [5, 5.41) is 30.8. The van der Waals surface area contributed by atoms with Gasteiger partial charge in [0.05, 0.1) is 13.4 Å². The molecule has 1 aliphatic rings. The Bertz CT molecular complexity index is 824. The van der Waals surface area contributed by atoms with Gasteiger partial charge in [-0.05, 0) is 0 Å². The fourth-order valence-corrected chi connectivity index (χ4v) is 2.91. The number of rotatable bonds is 5. The van der Waals surface area contributed by atoms with E-state index in [9.17, 15) is 20.1 Å². The number of anilines is 1. The zero-order valence-corrected chi connectivity index (χ0v) is 14.5. The lowest BCUT2D eigenvalue weighted by Gasteiger charge is -2.21. The molecular weight excluding hydrogens is 346 g/mol. The molecule has 1 fully saturated rings. The molecule has 26 heavy (non-hydrogen) atoms. The number of methoxy groups -OCH3 is 1. The molecule has 0 saturated carbocycles. The van der Waals surface area contributed by atoms with E-state index in [1.165, 1.54) is 18.0 Å². The Labute approximate surface area is 148 Å². The first kappa shape index (κ1) is 18.5. The van der Waals surface area contributed by atoms with Gasteiger partial charge in [0.15, 0.2) is 23.2 Å². The van der Waals surface area contributed by atoms with Gasteiger partial charge in [-0.15, -0.1) is 0 Å². The second-order valence-corrected chi connectivity index (χ2v) is 6.39. The van der Waals surface area contributed by atoms with E-state index >= 15 is 0 Å². The van der Waals surface area contributed by atoms with Crippen molar-refractivity contribution in [3.8, 4) is 5.88 Å². The van der Waals surface area contributed by atoms with E-state index in [1.807, 2.05) is 0 Å². The highest BCUT2D eigenvalue weighted by molar-refractivity contribution is 5.85. The molecule has 0 bridgehead atoms. The van der Waals surface area contributed by atoms with Crippen molar-refractivity contribution in [2.75, 3.05) is 12.8 Å². The van der Waals surface area contributed by atoms with Gasteiger partial charge in [0.2, 0.25) is 11.8 Å². The van der Waals surface area contributed by atoms with E-state index in [-0.39, 0.29) is 23.0 Å². The number of ether oxygens (including phenoxy) is 2. The summed E-state index contributed by atoms with van der Waals surface area (Å²) in [7, 11) is 1.40. The topological polar surface area (TPSA) is 166 Å². The van der Waals surface area contributed by atoms with E-state index < -0.39 is 42.3 Å². The summed E-state index contributed by atoms with van der Waals surface area (Å²) >= 11 is 0. The lowest BCUT2D eigenvalue weighted by atomic mass is 9.96. The Hall–Kier alpha value is -2.34. The van der Waals surface area contributed by atoms with Crippen LogP contribution in [0.5, 0.6) is 5.88 Å². The molecule has 0 radical (unpaired) electrons. The molecule has 0 aromatic carbocycles. The van der Waals surface area contributed by atoms with Crippen LogP contribution < -0.4 is 10.5 Å². The highest BCUT2D eigenvalue weighted by Crippen LogP contribution is 2.34. The minimum absolute atomic E-state index is 0.0734. The molecule has 1 saturated heterocycles. The van der Waals surface area contributed by atoms with Crippen LogP contribution in [0.15, 0.2) is 6.33 Å². The third-order valence-electron chi connectivity index (χ3n) is 4.32. The second-order valence-electron chi connectivity index (χ2n) is 6.39. The van der Waals surface area contributed by atoms with Gasteiger partial charge in [-0.25, -0.2) is 4.98 Å². The standard InChI is InChI=1S/C15H21N5O6/c1-5(2)7(21)8(22)11-9(23)10(24)14(26-11)20-4-17-6-12(20)18-15(16)19-13(6)25-3/h4-5,8-11,14,22-24H,1-3H3,(H2,16,18,19)/t8?,9-,10-,11+,14+/m0/s1. The first-order chi connectivity index (χ1) is 12.3. The summed E-state index contributed by atoms with van der Waals surface area (Å²) in [5.41, 5.74) is 6.16. The number of ketones is 1. The molecule has 0 aliphatic carbocycles. The maximum Gasteiger partial charge on any atom is 0.246 e. The number of hydrogen-bond acceptors (Lipinski definition) is 10. The van der Waals surface area contributed by atoms with Crippen molar-refractivity contribution in [2.45, 2.75) is 44.5 Å². The molecule has 5 N–H and O–H groups in total. The fraction of sp³-hybridized carbons (Fsp3) is 0.600. The number of aromatic nitrogens is 4. The van der Waals surface area contributed by atoms with Crippen molar-refractivity contribution >= 4 is 22.9 Å². The molecule has 5 atom stereocenters. The first-order valence-corrected chi connectivity index (χ1v) is 8.03. The van der Waals surface area contributed by atoms with Crippen LogP contribution in [0.1, 0.15) is 20.1 Å². The van der Waals surface area contributed by atoms with Crippen LogP contribution in [0.25, 0.3) is 11.2 Å². The summed E-state index contributed by atoms with van der Waals surface area (Å²) in [4.78, 5) is 24.1. The Morgan fingerprint density at radius 2 is 2.04 bits per heavy atom. The number of fused-ring (bicyclic) bond motifs is 1. The molecule has 142 valence electrons. The monoisotopic (exact) mass is 367 g/mol. The van der Waals surface area contributed by atoms with Crippen molar-refractivity contribution in [2.24, 2.45) is 5.92 Å². The van der Waals surface area contributed by atoms with Crippen LogP contribution in [0, 0.1) is 5.92 Å². The van der Waals surface area contributed by atoms with Gasteiger partial charge in [0.1, 0.15) is 24.4 Å². The lowest BCUT2D eigenvalue weighted by molar-refractivity contribution is -0.144. The van der Waals surface area contributed by atoms with Crippen molar-refractivity contribution in [1.29, 1.82) is 0 Å². The minimum atomic E-state index is -1.58. The van der Waals surface area contributed by atoms with Crippen molar-refractivity contribution in [1.82, 2.24) is 19.5 Å². The molecule has 1 unspecified atom stereocenters. The van der Waals surface area contributed by atoms with Crippen molar-refractivity contribution < 1.29 is 29.6 Å². The number of nitrogen functional groups attached to an aromatic ring is 1. The molecule has 0 amide bonds. The van der Waals surface area contributed by atoms with Gasteiger partial charge >= 0.3 is 0 Å². The van der Waals surface area contributed by atoms with E-state index in [2.05, 4.69) is 15.0 Å². The largest absolute Gasteiger partial charge is 0.479 e. The number of nitrogens with zero attached hydrogens (tertiary/aromatic N) is 4. The maximum atomic E-state index is 12.0. The van der Waals surface area contributed by atoms with Crippen molar-refractivity contribution in [3.05, 3.63) is 6.33 Å². The van der Waals surface area contributed by atoms with Crippen LogP contribution in [-0.4, -0.2) is 72.1 Å². The van der Waals surface area contributed by atoms with Gasteiger partial charge in [-0.2, -0.15) is 9.97 Å². The van der Waals surface area contributed by atoms with Gasteiger partial charge in [0.25, 0.3) is 0 Å². The predicted octanol–water partition coefficient (Wildman–Crippen LogP) is -1.38. The molecule has 2 aromatic rings. The van der Waals surface area contributed by atoms with Crippen LogP contribution >= 0.6 is 0 Å². The molecule has 3 heterocycles. The average Bonchev–Trinajstić information content (AvgIpc) is 3.14. The van der Waals surface area contributed by atoms with E-state index in [1.54, 1.807) is 13.8 Å². The Balaban J connectivity index is 1.97. The quantitative estimate of drug-likeness (QED) is 0.495. The number of aliphatic hydroxyl groups excluding tert-OH is 3. The Morgan fingerprint density at radius 3 is 2.65 bits per heavy atom. The number of imidazole rings is 1. The van der Waals surface area contributed by atoms with Gasteiger partial charge in [0, 0.05) is 5.92 Å². The molecule has 11 nitrogen and oxygen atoms in total. The van der Waals surface area contributed by atoms with E-state index in [0.717, 1.165) is 0 Å². The molecule has 3 rings (SSSR count). The molecule has 1 aliphatic heterocycles. The van der Waals surface area contributed by atoms with Crippen LogP contribution in [-0.2, 0) is 9.53 Å². The molecule has 11 heteroatoms. The van der Waals surface area contributed by atoms with Crippen molar-refractivity contribution in [3.63, 3.8) is 0 Å². The van der Waals surface area contributed by atoms with Crippen LogP contribution in [0.3, 0.4) is 0 Å². The number of hydrogen-bond donors (Lipinski definition) is 4. The third kappa shape index (κ3) is 2.88. The third-order valence-corrected chi connectivity index (χ3v) is 4.32. The average molecular weight is 367 g/mol. The number of Topliss-reactive ketones (excluding diaryl/α,β-unsaturated/α-hetero) is 1. The van der Waals surface area contributed by atoms with Gasteiger partial charge in [-0.1, -0.05) is 13.8 Å². The summed E-state index contributed by atoms with van der Waals surface area (Å²) in [6.07, 6.45) is -5.57. The number of carbonyl (C=O) groups excluding carboxylic acids is 1. The van der Waals surface area contributed by atoms with Crippen LogP contribution in [0.4, 0.5) is 5.95 Å². The second kappa shape index (κ2) is 6.76. The highest BCUT2D eigenvalue weighted by Gasteiger charge is 2.49. The maximum absolute atomic E-state index is 12.0. The van der Waals surface area contributed by atoms with Gasteiger partial charge < -0.3 is 30.5 Å². The number of aliphatic hydroxyl groups is 3. The normalized spacial score (nSPS) is 27.2. The van der Waals surface area contributed by atoms with Gasteiger partial charge in [-0.3, -0.25) is 9.36 Å². The first-order valence-electron chi connectivity index (χ1n) is 8.03. The fourth-order valence-electron chi connectivity index (χ4n) is 2.91. The zero-order valence-electron chi connectivity index (χ0n) is 14.5. The minimum Gasteiger partial charge on any atom is -0.479 e. The smallest absolute Gasteiger partial charge is 0.246 e. The summed E-state index contributed by atoms with van der Waals surface area (Å²) < 4.78 is 12.0. The molecule has 2 aromatic heterocycles. The Kier molecular flexibility index (Phi) is 4.80. The number of nitrogens with two attached hydrogens (primary N) is 1. The SMILES string of the molecule is COc1nc(N)nc2c1ncn2[C@@H]1O[C@H](C(O)C(=O)C(C)C)[C@@H](O)[C@@H]1O. The summed E-state index contributed by atoms with van der Waals surface area (Å²) in [6.45, 7) is 3.24. The lowest BCUT2D eigenvalue weighted by Crippen LogP contribution is -2.44. The Morgan fingerprint density at radius 1 is 1.35 bits per heavy atom. The predicted molar refractivity (Wildman–Crippen MR) is 88.1 cm³/mol. The van der Waals surface area contributed by atoms with E-state index in [0.29, 0.717) is 0 Å². The summed E-state index contributed by atoms with van der Waals surface area (Å²) in [5.74, 6) is -0.880. The molecule has 0 spiro atoms. The highest BCUT2D eigenvalue weighted by atomic mass is 16.6. The summed E-state index contributed by atoms with van der Waals surface area (Å²) in [6, 6.07) is 0.